The molecular formula is C16H21N3O3S. The number of hydrogen-bond donors (Lipinski definition) is 1. The highest BCUT2D eigenvalue weighted by Crippen LogP contribution is 2.23. The molecule has 7 heteroatoms. The monoisotopic (exact) mass is 335 g/mol. The summed E-state index contributed by atoms with van der Waals surface area (Å²) in [6, 6.07) is 8.10. The van der Waals surface area contributed by atoms with Gasteiger partial charge in [0.1, 0.15) is 0 Å². The van der Waals surface area contributed by atoms with E-state index in [0.717, 1.165) is 4.90 Å². The Morgan fingerprint density at radius 1 is 1.39 bits per heavy atom. The predicted molar refractivity (Wildman–Crippen MR) is 88.2 cm³/mol. The Kier molecular flexibility index (Phi) is 6.61. The van der Waals surface area contributed by atoms with Crippen molar-refractivity contribution in [3.63, 3.8) is 0 Å². The van der Waals surface area contributed by atoms with Crippen molar-refractivity contribution in [3.05, 3.63) is 41.5 Å². The Hall–Kier alpha value is -1.86. The number of hydrogen-bond acceptors (Lipinski definition) is 6. The molecule has 0 aliphatic heterocycles. The van der Waals surface area contributed by atoms with Gasteiger partial charge in [0.25, 0.3) is 0 Å². The highest BCUT2D eigenvalue weighted by atomic mass is 32.2. The molecule has 0 aliphatic rings. The third kappa shape index (κ3) is 5.69. The Morgan fingerprint density at radius 2 is 2.13 bits per heavy atom. The van der Waals surface area contributed by atoms with Gasteiger partial charge < -0.3 is 14.6 Å². The molecule has 0 spiro atoms. The third-order valence-corrected chi connectivity index (χ3v) is 4.27. The van der Waals surface area contributed by atoms with E-state index in [4.69, 9.17) is 9.26 Å². The molecule has 23 heavy (non-hydrogen) atoms. The van der Waals surface area contributed by atoms with Gasteiger partial charge in [-0.1, -0.05) is 22.9 Å². The predicted octanol–water partition coefficient (Wildman–Crippen LogP) is 2.36. The van der Waals surface area contributed by atoms with E-state index < -0.39 is 0 Å². The second kappa shape index (κ2) is 8.69. The number of nitrogens with zero attached hydrogens (tertiary/aromatic N) is 2. The van der Waals surface area contributed by atoms with Crippen LogP contribution in [0.1, 0.15) is 24.2 Å². The van der Waals surface area contributed by atoms with Gasteiger partial charge in [-0.05, 0) is 26.0 Å². The van der Waals surface area contributed by atoms with Gasteiger partial charge in [-0.2, -0.15) is 4.98 Å². The number of carbonyl (C=O) groups excluding carboxylic acids is 1. The van der Waals surface area contributed by atoms with Crippen LogP contribution in [0.3, 0.4) is 0 Å². The first-order chi connectivity index (χ1) is 11.1. The van der Waals surface area contributed by atoms with Crippen LogP contribution < -0.4 is 5.32 Å². The van der Waals surface area contributed by atoms with Crippen LogP contribution in [0.25, 0.3) is 0 Å². The zero-order valence-corrected chi connectivity index (χ0v) is 14.4. The highest BCUT2D eigenvalue weighted by Gasteiger charge is 2.15. The van der Waals surface area contributed by atoms with Gasteiger partial charge in [0.2, 0.25) is 11.8 Å². The summed E-state index contributed by atoms with van der Waals surface area (Å²) in [5.74, 6) is 0.919. The average Bonchev–Trinajstić information content (AvgIpc) is 3.00. The second-order valence-electron chi connectivity index (χ2n) is 5.14. The number of nitrogens with one attached hydrogen (secondary N) is 1. The summed E-state index contributed by atoms with van der Waals surface area (Å²) in [5, 5.41) is 6.44. The molecule has 6 nitrogen and oxygen atoms in total. The molecule has 2 rings (SSSR count). The van der Waals surface area contributed by atoms with Gasteiger partial charge in [0.15, 0.2) is 5.82 Å². The van der Waals surface area contributed by atoms with E-state index in [1.807, 2.05) is 38.1 Å². The van der Waals surface area contributed by atoms with E-state index >= 15 is 0 Å². The van der Waals surface area contributed by atoms with Crippen molar-refractivity contribution in [3.8, 4) is 0 Å². The summed E-state index contributed by atoms with van der Waals surface area (Å²) >= 11 is 1.52. The van der Waals surface area contributed by atoms with Crippen molar-refractivity contribution in [2.24, 2.45) is 0 Å². The Bertz CT molecular complexity index is 628. The van der Waals surface area contributed by atoms with E-state index in [1.54, 1.807) is 7.11 Å². The van der Waals surface area contributed by atoms with Crippen LogP contribution in [-0.2, 0) is 22.5 Å². The molecule has 1 aromatic heterocycles. The maximum Gasteiger partial charge on any atom is 0.246 e. The first-order valence-electron chi connectivity index (χ1n) is 7.40. The number of benzene rings is 1. The van der Waals surface area contributed by atoms with Crippen molar-refractivity contribution in [1.29, 1.82) is 0 Å². The van der Waals surface area contributed by atoms with Gasteiger partial charge in [-0.25, -0.2) is 0 Å². The lowest BCUT2D eigenvalue weighted by Crippen LogP contribution is -2.30. The summed E-state index contributed by atoms with van der Waals surface area (Å²) in [4.78, 5) is 17.4. The smallest absolute Gasteiger partial charge is 0.246 e. The number of methoxy groups -OCH3 is 1. The molecule has 0 bridgehead atoms. The number of thioether (sulfide) groups is 1. The van der Waals surface area contributed by atoms with E-state index in [-0.39, 0.29) is 17.7 Å². The number of aryl methyl sites for hydroxylation is 1. The van der Waals surface area contributed by atoms with Gasteiger partial charge in [-0.3, -0.25) is 4.79 Å². The van der Waals surface area contributed by atoms with E-state index in [2.05, 4.69) is 15.5 Å². The van der Waals surface area contributed by atoms with Crippen molar-refractivity contribution in [1.82, 2.24) is 15.5 Å². The minimum atomic E-state index is -0.200. The standard InChI is InChI=1S/C16H21N3O3S/c1-11-4-6-13(7-5-11)23-12(2)16(20)17-10-15-18-14(19-22-15)8-9-21-3/h4-7,12H,8-10H2,1-3H3,(H,17,20)/t12-/m1/s1. The maximum atomic E-state index is 12.1. The SMILES string of the molecule is COCCc1noc(CNC(=O)[C@@H](C)Sc2ccc(C)cc2)n1. The largest absolute Gasteiger partial charge is 0.384 e. The number of amides is 1. The minimum absolute atomic E-state index is 0.0628. The lowest BCUT2D eigenvalue weighted by atomic mass is 10.2. The summed E-state index contributed by atoms with van der Waals surface area (Å²) in [6.45, 7) is 4.68. The zero-order chi connectivity index (χ0) is 16.7. The first kappa shape index (κ1) is 17.5. The number of aromatic nitrogens is 2. The van der Waals surface area contributed by atoms with Gasteiger partial charge in [0, 0.05) is 18.4 Å². The van der Waals surface area contributed by atoms with E-state index in [9.17, 15) is 4.79 Å². The van der Waals surface area contributed by atoms with Crippen LogP contribution in [0.15, 0.2) is 33.7 Å². The third-order valence-electron chi connectivity index (χ3n) is 3.16. The molecule has 1 amide bonds. The molecule has 0 saturated heterocycles. The fourth-order valence-corrected chi connectivity index (χ4v) is 2.73. The quantitative estimate of drug-likeness (QED) is 0.746. The molecule has 0 radical (unpaired) electrons. The molecule has 1 aromatic carbocycles. The zero-order valence-electron chi connectivity index (χ0n) is 13.5. The molecule has 0 unspecified atom stereocenters. The molecule has 0 fully saturated rings. The molecule has 1 atom stereocenters. The fraction of sp³-hybridized carbons (Fsp3) is 0.438. The summed E-state index contributed by atoms with van der Waals surface area (Å²) in [7, 11) is 1.62. The molecule has 1 heterocycles. The lowest BCUT2D eigenvalue weighted by molar-refractivity contribution is -0.120. The summed E-state index contributed by atoms with van der Waals surface area (Å²) in [6.07, 6.45) is 0.591. The van der Waals surface area contributed by atoms with Crippen molar-refractivity contribution in [2.45, 2.75) is 37.0 Å². The molecule has 0 saturated carbocycles. The number of ether oxygens (including phenoxy) is 1. The van der Waals surface area contributed by atoms with Crippen LogP contribution in [0.4, 0.5) is 0 Å². The average molecular weight is 335 g/mol. The van der Waals surface area contributed by atoms with Crippen molar-refractivity contribution in [2.75, 3.05) is 13.7 Å². The van der Waals surface area contributed by atoms with Gasteiger partial charge >= 0.3 is 0 Å². The van der Waals surface area contributed by atoms with Crippen LogP contribution >= 0.6 is 11.8 Å². The molecule has 124 valence electrons. The van der Waals surface area contributed by atoms with E-state index in [0.29, 0.717) is 24.7 Å². The summed E-state index contributed by atoms with van der Waals surface area (Å²) in [5.41, 5.74) is 1.20. The molecule has 0 aliphatic carbocycles. The maximum absolute atomic E-state index is 12.1. The van der Waals surface area contributed by atoms with Crippen LogP contribution in [0.5, 0.6) is 0 Å². The minimum Gasteiger partial charge on any atom is -0.384 e. The highest BCUT2D eigenvalue weighted by molar-refractivity contribution is 8.00. The second-order valence-corrected chi connectivity index (χ2v) is 6.55. The van der Waals surface area contributed by atoms with E-state index in [1.165, 1.54) is 17.3 Å². The number of carbonyl (C=O) groups is 1. The van der Waals surface area contributed by atoms with Crippen molar-refractivity contribution >= 4 is 17.7 Å². The lowest BCUT2D eigenvalue weighted by Gasteiger charge is -2.10. The topological polar surface area (TPSA) is 77.3 Å². The number of rotatable bonds is 8. The fourth-order valence-electron chi connectivity index (χ4n) is 1.84. The normalized spacial score (nSPS) is 12.1. The molecule has 1 N–H and O–H groups in total. The molecular weight excluding hydrogens is 314 g/mol. The Morgan fingerprint density at radius 3 is 2.83 bits per heavy atom. The van der Waals surface area contributed by atoms with Gasteiger partial charge in [-0.15, -0.1) is 11.8 Å². The van der Waals surface area contributed by atoms with Crippen LogP contribution in [-0.4, -0.2) is 35.0 Å². The first-order valence-corrected chi connectivity index (χ1v) is 8.28. The molecule has 2 aromatic rings. The van der Waals surface area contributed by atoms with Crippen LogP contribution in [0, 0.1) is 6.92 Å². The summed E-state index contributed by atoms with van der Waals surface area (Å²) < 4.78 is 10.0. The Balaban J connectivity index is 1.79. The van der Waals surface area contributed by atoms with Crippen LogP contribution in [0.2, 0.25) is 0 Å². The van der Waals surface area contributed by atoms with Gasteiger partial charge in [0.05, 0.1) is 18.4 Å². The Labute approximate surface area is 140 Å². The van der Waals surface area contributed by atoms with Crippen molar-refractivity contribution < 1.29 is 14.1 Å².